The molecule has 0 bridgehead atoms. The third-order valence-electron chi connectivity index (χ3n) is 4.25. The topological polar surface area (TPSA) is 81.5 Å². The second kappa shape index (κ2) is 6.20. The highest BCUT2D eigenvalue weighted by Gasteiger charge is 2.34. The molecule has 6 heteroatoms. The lowest BCUT2D eigenvalue weighted by molar-refractivity contribution is -0.384. The number of hydrogen-bond acceptors (Lipinski definition) is 4. The van der Waals surface area contributed by atoms with Gasteiger partial charge in [-0.2, -0.15) is 0 Å². The van der Waals surface area contributed by atoms with Crippen LogP contribution in [-0.2, 0) is 0 Å². The summed E-state index contributed by atoms with van der Waals surface area (Å²) in [6, 6.07) is 11.4. The second-order valence-corrected chi connectivity index (χ2v) is 6.94. The highest BCUT2D eigenvalue weighted by molar-refractivity contribution is 5.95. The Bertz CT molecular complexity index is 845. The quantitative estimate of drug-likeness (QED) is 0.678. The first-order valence-corrected chi connectivity index (χ1v) is 8.10. The molecule has 1 aliphatic heterocycles. The number of nitrogens with zero attached hydrogens (tertiary/aromatic N) is 1. The minimum atomic E-state index is -0.507. The number of benzene rings is 2. The molecule has 130 valence electrons. The van der Waals surface area contributed by atoms with Crippen molar-refractivity contribution in [3.63, 3.8) is 0 Å². The van der Waals surface area contributed by atoms with Crippen LogP contribution in [0.2, 0.25) is 0 Å². The number of hydrogen-bond donors (Lipinski definition) is 1. The first kappa shape index (κ1) is 17.0. The van der Waals surface area contributed by atoms with Gasteiger partial charge >= 0.3 is 0 Å². The predicted octanol–water partition coefficient (Wildman–Crippen LogP) is 3.94. The maximum atomic E-state index is 12.6. The van der Waals surface area contributed by atoms with Crippen LogP contribution in [0.3, 0.4) is 0 Å². The number of nitrogens with one attached hydrogen (secondary N) is 1. The summed E-state index contributed by atoms with van der Waals surface area (Å²) in [6.07, 6.45) is 0.615. The van der Waals surface area contributed by atoms with E-state index in [1.165, 1.54) is 18.2 Å². The molecule has 1 aliphatic rings. The van der Waals surface area contributed by atoms with Gasteiger partial charge in [-0.25, -0.2) is 0 Å². The van der Waals surface area contributed by atoms with Crippen molar-refractivity contribution < 1.29 is 14.5 Å². The van der Waals surface area contributed by atoms with Crippen LogP contribution in [0.25, 0.3) is 0 Å². The number of nitro groups is 1. The van der Waals surface area contributed by atoms with Crippen LogP contribution in [0, 0.1) is 17.0 Å². The number of fused-ring (bicyclic) bond motifs is 1. The summed E-state index contributed by atoms with van der Waals surface area (Å²) in [5.41, 5.74) is 1.77. The molecular weight excluding hydrogens is 320 g/mol. The van der Waals surface area contributed by atoms with Crippen molar-refractivity contribution >= 4 is 11.6 Å². The highest BCUT2D eigenvalue weighted by Crippen LogP contribution is 2.40. The number of non-ortho nitro benzene ring substituents is 1. The fourth-order valence-electron chi connectivity index (χ4n) is 3.11. The van der Waals surface area contributed by atoms with E-state index in [-0.39, 0.29) is 23.2 Å². The molecule has 0 aliphatic carbocycles. The summed E-state index contributed by atoms with van der Waals surface area (Å²) in [5, 5.41) is 13.9. The normalized spacial score (nSPS) is 18.0. The summed E-state index contributed by atoms with van der Waals surface area (Å²) >= 11 is 0. The van der Waals surface area contributed by atoms with E-state index in [4.69, 9.17) is 4.74 Å². The Morgan fingerprint density at radius 2 is 2.04 bits per heavy atom. The molecule has 0 fully saturated rings. The lowest BCUT2D eigenvalue weighted by Gasteiger charge is -2.38. The Kier molecular flexibility index (Phi) is 4.20. The van der Waals surface area contributed by atoms with Crippen LogP contribution < -0.4 is 10.1 Å². The minimum absolute atomic E-state index is 0.101. The monoisotopic (exact) mass is 340 g/mol. The zero-order valence-electron chi connectivity index (χ0n) is 14.4. The fourth-order valence-corrected chi connectivity index (χ4v) is 3.11. The van der Waals surface area contributed by atoms with Gasteiger partial charge < -0.3 is 10.1 Å². The molecule has 25 heavy (non-hydrogen) atoms. The Morgan fingerprint density at radius 1 is 1.28 bits per heavy atom. The van der Waals surface area contributed by atoms with Crippen LogP contribution in [0.5, 0.6) is 5.75 Å². The molecule has 0 saturated carbocycles. The van der Waals surface area contributed by atoms with Gasteiger partial charge in [0.25, 0.3) is 11.6 Å². The summed E-state index contributed by atoms with van der Waals surface area (Å²) in [6.45, 7) is 5.93. The molecular formula is C19H20N2O4. The highest BCUT2D eigenvalue weighted by atomic mass is 16.6. The average molecular weight is 340 g/mol. The molecule has 2 aromatic rings. The van der Waals surface area contributed by atoms with Crippen molar-refractivity contribution in [2.75, 3.05) is 0 Å². The largest absolute Gasteiger partial charge is 0.487 e. The maximum Gasteiger partial charge on any atom is 0.270 e. The Hall–Kier alpha value is -2.89. The first-order chi connectivity index (χ1) is 11.7. The molecule has 3 rings (SSSR count). The minimum Gasteiger partial charge on any atom is -0.487 e. The number of carbonyl (C=O) groups is 1. The SMILES string of the molecule is Cc1ccc2c(c1)[C@H](NC(=O)c1cccc([N+](=O)[O-])c1)CC(C)(C)O2. The maximum absolute atomic E-state index is 12.6. The molecule has 6 nitrogen and oxygen atoms in total. The van der Waals surface area contributed by atoms with Crippen LogP contribution in [0.15, 0.2) is 42.5 Å². The number of aryl methyl sites for hydroxylation is 1. The zero-order chi connectivity index (χ0) is 18.2. The third-order valence-corrected chi connectivity index (χ3v) is 4.25. The number of nitro benzene ring substituents is 1. The van der Waals surface area contributed by atoms with Gasteiger partial charge in [0.15, 0.2) is 0 Å². The van der Waals surface area contributed by atoms with E-state index in [2.05, 4.69) is 5.32 Å². The average Bonchev–Trinajstić information content (AvgIpc) is 2.55. The molecule has 1 N–H and O–H groups in total. The van der Waals surface area contributed by atoms with E-state index in [0.717, 1.165) is 16.9 Å². The van der Waals surface area contributed by atoms with Gasteiger partial charge in [0.05, 0.1) is 11.0 Å². The van der Waals surface area contributed by atoms with E-state index in [9.17, 15) is 14.9 Å². The van der Waals surface area contributed by atoms with E-state index in [1.54, 1.807) is 6.07 Å². The van der Waals surface area contributed by atoms with Crippen LogP contribution >= 0.6 is 0 Å². The zero-order valence-corrected chi connectivity index (χ0v) is 14.4. The van der Waals surface area contributed by atoms with Gasteiger partial charge in [-0.15, -0.1) is 0 Å². The molecule has 1 atom stereocenters. The second-order valence-electron chi connectivity index (χ2n) is 6.94. The molecule has 1 heterocycles. The fraction of sp³-hybridized carbons (Fsp3) is 0.316. The number of rotatable bonds is 3. The Labute approximate surface area is 146 Å². The molecule has 0 radical (unpaired) electrons. The van der Waals surface area contributed by atoms with Gasteiger partial charge in [0, 0.05) is 29.7 Å². The molecule has 0 saturated heterocycles. The Morgan fingerprint density at radius 3 is 2.76 bits per heavy atom. The molecule has 0 aromatic heterocycles. The van der Waals surface area contributed by atoms with Crippen LogP contribution in [0.4, 0.5) is 5.69 Å². The van der Waals surface area contributed by atoms with Crippen LogP contribution in [-0.4, -0.2) is 16.4 Å². The van der Waals surface area contributed by atoms with Crippen molar-refractivity contribution in [3.8, 4) is 5.75 Å². The molecule has 1 amide bonds. The number of carbonyl (C=O) groups excluding carboxylic acids is 1. The van der Waals surface area contributed by atoms with Gasteiger partial charge in [-0.3, -0.25) is 14.9 Å². The predicted molar refractivity (Wildman–Crippen MR) is 93.8 cm³/mol. The molecule has 2 aromatic carbocycles. The summed E-state index contributed by atoms with van der Waals surface area (Å²) in [4.78, 5) is 23.0. The van der Waals surface area contributed by atoms with Crippen molar-refractivity contribution in [1.82, 2.24) is 5.32 Å². The number of ether oxygens (including phenoxy) is 1. The summed E-state index contributed by atoms with van der Waals surface area (Å²) < 4.78 is 6.00. The number of amides is 1. The van der Waals surface area contributed by atoms with E-state index < -0.39 is 10.5 Å². The molecule has 0 spiro atoms. The summed E-state index contributed by atoms with van der Waals surface area (Å²) in [5.74, 6) is 0.421. The van der Waals surface area contributed by atoms with E-state index in [0.29, 0.717) is 6.42 Å². The third kappa shape index (κ3) is 3.63. The standard InChI is InChI=1S/C19H20N2O4/c1-12-7-8-17-15(9-12)16(11-19(2,3)25-17)20-18(22)13-5-4-6-14(10-13)21(23)24/h4-10,16H,11H2,1-3H3,(H,20,22)/t16-/m1/s1. The van der Waals surface area contributed by atoms with Crippen molar-refractivity contribution in [2.45, 2.75) is 38.8 Å². The molecule has 0 unspecified atom stereocenters. The lowest BCUT2D eigenvalue weighted by Crippen LogP contribution is -2.41. The Balaban J connectivity index is 1.89. The van der Waals surface area contributed by atoms with Gasteiger partial charge in [-0.05, 0) is 32.9 Å². The van der Waals surface area contributed by atoms with Crippen LogP contribution in [0.1, 0.15) is 47.8 Å². The van der Waals surface area contributed by atoms with Gasteiger partial charge in [-0.1, -0.05) is 23.8 Å². The summed E-state index contributed by atoms with van der Waals surface area (Å²) in [7, 11) is 0. The van der Waals surface area contributed by atoms with Crippen molar-refractivity contribution in [1.29, 1.82) is 0 Å². The van der Waals surface area contributed by atoms with Crippen molar-refractivity contribution in [2.24, 2.45) is 0 Å². The lowest BCUT2D eigenvalue weighted by atomic mass is 9.88. The van der Waals surface area contributed by atoms with Crippen molar-refractivity contribution in [3.05, 3.63) is 69.3 Å². The smallest absolute Gasteiger partial charge is 0.270 e. The van der Waals surface area contributed by atoms with Gasteiger partial charge in [0.2, 0.25) is 0 Å². The first-order valence-electron chi connectivity index (χ1n) is 8.10. The van der Waals surface area contributed by atoms with E-state index >= 15 is 0 Å². The van der Waals surface area contributed by atoms with E-state index in [1.807, 2.05) is 39.0 Å². The van der Waals surface area contributed by atoms with Gasteiger partial charge in [0.1, 0.15) is 11.4 Å².